The lowest BCUT2D eigenvalue weighted by atomic mass is 10.1. The minimum absolute atomic E-state index is 0.00991. The first-order valence-corrected chi connectivity index (χ1v) is 8.19. The van der Waals surface area contributed by atoms with Gasteiger partial charge in [-0.15, -0.1) is 0 Å². The molecule has 1 aliphatic heterocycles. The van der Waals surface area contributed by atoms with Crippen molar-refractivity contribution >= 4 is 32.7 Å². The minimum atomic E-state index is -4.01. The Balaban J connectivity index is 1.84. The lowest BCUT2D eigenvalue weighted by Gasteiger charge is -2.01. The monoisotopic (exact) mass is 319 g/mol. The zero-order valence-electron chi connectivity index (χ0n) is 10.6. The van der Waals surface area contributed by atoms with Gasteiger partial charge in [0.25, 0.3) is 0 Å². The molecule has 106 valence electrons. The third-order valence-electron chi connectivity index (χ3n) is 2.78. The van der Waals surface area contributed by atoms with Crippen molar-refractivity contribution in [1.29, 1.82) is 0 Å². The van der Waals surface area contributed by atoms with E-state index in [1.54, 1.807) is 42.5 Å². The highest BCUT2D eigenvalue weighted by molar-refractivity contribution is 8.16. The lowest BCUT2D eigenvalue weighted by molar-refractivity contribution is 0.106. The fraction of sp³-hybridized carbons (Fsp3) is 0. The summed E-state index contributed by atoms with van der Waals surface area (Å²) in [5, 5.41) is 3.52. The summed E-state index contributed by atoms with van der Waals surface area (Å²) in [5.41, 5.74) is 0.502. The molecule has 0 aromatic heterocycles. The summed E-state index contributed by atoms with van der Waals surface area (Å²) >= 11 is 1.09. The Morgan fingerprint density at radius 2 is 1.62 bits per heavy atom. The largest absolute Gasteiger partial charge is 0.358 e. The predicted molar refractivity (Wildman–Crippen MR) is 78.8 cm³/mol. The average Bonchev–Trinajstić information content (AvgIpc) is 2.83. The summed E-state index contributed by atoms with van der Waals surface area (Å²) in [7, 11) is -4.01. The summed E-state index contributed by atoms with van der Waals surface area (Å²) < 4.78 is 28.5. The first kappa shape index (κ1) is 13.8. The van der Waals surface area contributed by atoms with E-state index in [9.17, 15) is 13.2 Å². The van der Waals surface area contributed by atoms with E-state index >= 15 is 0 Å². The number of hydrogen-bond acceptors (Lipinski definition) is 6. The number of fused-ring (bicyclic) bond motifs is 1. The molecule has 1 aliphatic rings. The molecule has 0 bridgehead atoms. The highest BCUT2D eigenvalue weighted by Gasteiger charge is 2.28. The Morgan fingerprint density at radius 1 is 0.952 bits per heavy atom. The van der Waals surface area contributed by atoms with Crippen LogP contribution in [0.5, 0.6) is 0 Å². The third kappa shape index (κ3) is 2.70. The van der Waals surface area contributed by atoms with Crippen molar-refractivity contribution in [2.45, 2.75) is 9.79 Å². The van der Waals surface area contributed by atoms with E-state index in [2.05, 4.69) is 9.44 Å². The average molecular weight is 319 g/mol. The smallest absolute Gasteiger partial charge is 0.286 e. The van der Waals surface area contributed by atoms with Gasteiger partial charge in [0.2, 0.25) is 5.78 Å². The summed E-state index contributed by atoms with van der Waals surface area (Å²) in [4.78, 5) is 12.7. The van der Waals surface area contributed by atoms with Crippen LogP contribution in [0.3, 0.4) is 0 Å². The maximum atomic E-state index is 12.0. The van der Waals surface area contributed by atoms with Gasteiger partial charge in [0.05, 0.1) is 0 Å². The zero-order chi connectivity index (χ0) is 14.9. The predicted octanol–water partition coefficient (Wildman–Crippen LogP) is 2.69. The summed E-state index contributed by atoms with van der Waals surface area (Å²) in [6.07, 6.45) is 0. The summed E-state index contributed by atoms with van der Waals surface area (Å²) in [6, 6.07) is 14.6. The SMILES string of the molecule is O=C1C(=NOS(=O)(=O)c2ccccc2)Sc2ccccc21. The third-order valence-corrected chi connectivity index (χ3v) is 4.93. The number of benzene rings is 2. The molecule has 0 aliphatic carbocycles. The van der Waals surface area contributed by atoms with Crippen molar-refractivity contribution in [1.82, 2.24) is 0 Å². The number of nitrogens with zero attached hydrogens (tertiary/aromatic N) is 1. The van der Waals surface area contributed by atoms with Crippen molar-refractivity contribution in [2.24, 2.45) is 5.16 Å². The first-order chi connectivity index (χ1) is 10.1. The van der Waals surface area contributed by atoms with Crippen LogP contribution in [0.25, 0.3) is 0 Å². The number of ketones is 1. The molecule has 0 spiro atoms. The van der Waals surface area contributed by atoms with E-state index in [1.807, 2.05) is 0 Å². The standard InChI is InChI=1S/C14H9NO4S2/c16-13-11-8-4-5-9-12(11)20-14(13)15-19-21(17,18)10-6-2-1-3-7-10/h1-9H. The molecule has 2 aromatic carbocycles. The molecule has 3 rings (SSSR count). The second-order valence-electron chi connectivity index (χ2n) is 4.17. The summed E-state index contributed by atoms with van der Waals surface area (Å²) in [6.45, 7) is 0. The number of Topliss-reactive ketones (excluding diaryl/α,β-unsaturated/α-hetero) is 1. The first-order valence-electron chi connectivity index (χ1n) is 5.96. The van der Waals surface area contributed by atoms with Gasteiger partial charge in [-0.3, -0.25) is 9.08 Å². The Labute approximate surface area is 125 Å². The number of carbonyl (C=O) groups is 1. The van der Waals surface area contributed by atoms with Gasteiger partial charge in [0.15, 0.2) is 5.04 Å². The molecule has 2 aromatic rings. The van der Waals surface area contributed by atoms with Crippen LogP contribution >= 0.6 is 11.8 Å². The fourth-order valence-electron chi connectivity index (χ4n) is 1.78. The molecule has 0 radical (unpaired) electrons. The van der Waals surface area contributed by atoms with Gasteiger partial charge in [-0.1, -0.05) is 47.2 Å². The van der Waals surface area contributed by atoms with E-state index in [0.717, 1.165) is 16.7 Å². The van der Waals surface area contributed by atoms with Crippen molar-refractivity contribution in [3.05, 3.63) is 60.2 Å². The van der Waals surface area contributed by atoms with Crippen LogP contribution in [0.2, 0.25) is 0 Å². The lowest BCUT2D eigenvalue weighted by Crippen LogP contribution is -2.08. The number of rotatable bonds is 3. The Bertz CT molecular complexity index is 829. The van der Waals surface area contributed by atoms with E-state index in [0.29, 0.717) is 5.56 Å². The molecule has 0 N–H and O–H groups in total. The van der Waals surface area contributed by atoms with Gasteiger partial charge in [0.1, 0.15) is 4.90 Å². The molecule has 0 saturated carbocycles. The second kappa shape index (κ2) is 5.34. The van der Waals surface area contributed by atoms with E-state index in [4.69, 9.17) is 0 Å². The number of oxime groups is 1. The zero-order valence-corrected chi connectivity index (χ0v) is 12.2. The van der Waals surface area contributed by atoms with Gasteiger partial charge >= 0.3 is 10.1 Å². The molecule has 0 saturated heterocycles. The Kier molecular flexibility index (Phi) is 3.52. The van der Waals surface area contributed by atoms with Crippen molar-refractivity contribution in [3.63, 3.8) is 0 Å². The molecule has 7 heteroatoms. The van der Waals surface area contributed by atoms with Gasteiger partial charge in [-0.05, 0) is 24.3 Å². The number of hydrogen-bond donors (Lipinski definition) is 0. The molecular formula is C14H9NO4S2. The van der Waals surface area contributed by atoms with Crippen LogP contribution in [0.4, 0.5) is 0 Å². The molecule has 0 amide bonds. The van der Waals surface area contributed by atoms with Crippen molar-refractivity contribution < 1.29 is 17.5 Å². The van der Waals surface area contributed by atoms with Gasteiger partial charge in [0, 0.05) is 10.5 Å². The highest BCUT2D eigenvalue weighted by Crippen LogP contribution is 2.33. The van der Waals surface area contributed by atoms with Gasteiger partial charge in [-0.25, -0.2) is 0 Å². The maximum absolute atomic E-state index is 12.0. The van der Waals surface area contributed by atoms with Gasteiger partial charge in [-0.2, -0.15) is 8.42 Å². The van der Waals surface area contributed by atoms with Crippen molar-refractivity contribution in [3.8, 4) is 0 Å². The maximum Gasteiger partial charge on any atom is 0.358 e. The second-order valence-corrected chi connectivity index (χ2v) is 6.72. The molecule has 1 heterocycles. The molecular weight excluding hydrogens is 310 g/mol. The molecule has 21 heavy (non-hydrogen) atoms. The van der Waals surface area contributed by atoms with E-state index in [1.165, 1.54) is 12.1 Å². The Morgan fingerprint density at radius 3 is 2.33 bits per heavy atom. The fourth-order valence-corrected chi connectivity index (χ4v) is 3.48. The Hall–Kier alpha value is -2.12. The molecule has 0 unspecified atom stereocenters. The van der Waals surface area contributed by atoms with Crippen molar-refractivity contribution in [2.75, 3.05) is 0 Å². The topological polar surface area (TPSA) is 72.8 Å². The highest BCUT2D eigenvalue weighted by atomic mass is 32.2. The van der Waals surface area contributed by atoms with Crippen LogP contribution in [0.1, 0.15) is 10.4 Å². The molecule has 0 atom stereocenters. The number of thioether (sulfide) groups is 1. The van der Waals surface area contributed by atoms with Crippen LogP contribution in [-0.2, 0) is 14.4 Å². The molecule has 0 fully saturated rings. The quantitative estimate of drug-likeness (QED) is 0.813. The minimum Gasteiger partial charge on any atom is -0.286 e. The van der Waals surface area contributed by atoms with E-state index < -0.39 is 10.1 Å². The van der Waals surface area contributed by atoms with Crippen LogP contribution in [0.15, 0.2) is 69.5 Å². The number of carbonyl (C=O) groups excluding carboxylic acids is 1. The van der Waals surface area contributed by atoms with Gasteiger partial charge < -0.3 is 0 Å². The summed E-state index contributed by atoms with van der Waals surface area (Å²) in [5.74, 6) is -0.334. The normalized spacial score (nSPS) is 16.0. The molecule has 5 nitrogen and oxygen atoms in total. The van der Waals surface area contributed by atoms with Crippen LogP contribution in [-0.4, -0.2) is 19.2 Å². The van der Waals surface area contributed by atoms with E-state index in [-0.39, 0.29) is 15.7 Å². The van der Waals surface area contributed by atoms with Crippen LogP contribution < -0.4 is 0 Å². The van der Waals surface area contributed by atoms with Crippen LogP contribution in [0, 0.1) is 0 Å².